The Morgan fingerprint density at radius 1 is 1.00 bits per heavy atom. The largest absolute Gasteiger partial charge is 0.434 e. The molecule has 0 bridgehead atoms. The number of nitrogens with zero attached hydrogens (tertiary/aromatic N) is 2. The van der Waals surface area contributed by atoms with Gasteiger partial charge >= 0.3 is 6.18 Å². The van der Waals surface area contributed by atoms with Crippen molar-refractivity contribution in [2.45, 2.75) is 6.18 Å². The Bertz CT molecular complexity index is 465. The van der Waals surface area contributed by atoms with E-state index in [1.165, 1.54) is 6.07 Å². The molecule has 0 saturated heterocycles. The summed E-state index contributed by atoms with van der Waals surface area (Å²) in [6.07, 6.45) is -3.70. The first-order valence-corrected chi connectivity index (χ1v) is 3.86. The van der Waals surface area contributed by atoms with E-state index in [9.17, 15) is 13.2 Å². The second-order valence-corrected chi connectivity index (χ2v) is 2.74. The molecule has 14 heavy (non-hydrogen) atoms. The Balaban J connectivity index is 2.63. The number of hydrogen-bond donors (Lipinski definition) is 0. The van der Waals surface area contributed by atoms with Crippen molar-refractivity contribution in [1.29, 1.82) is 0 Å². The van der Waals surface area contributed by atoms with Crippen LogP contribution in [0, 0.1) is 0 Å². The lowest BCUT2D eigenvalue weighted by Crippen LogP contribution is -2.08. The van der Waals surface area contributed by atoms with E-state index in [-0.39, 0.29) is 5.52 Å². The average Bonchev–Trinajstić information content (AvgIpc) is 2.16. The monoisotopic (exact) mass is 198 g/mol. The quantitative estimate of drug-likeness (QED) is 0.650. The predicted molar refractivity (Wildman–Crippen MR) is 44.5 cm³/mol. The van der Waals surface area contributed by atoms with Crippen LogP contribution in [0.3, 0.4) is 0 Å². The Kier molecular flexibility index (Phi) is 1.87. The molecule has 0 aliphatic heterocycles. The summed E-state index contributed by atoms with van der Waals surface area (Å²) < 4.78 is 36.6. The summed E-state index contributed by atoms with van der Waals surface area (Å²) in [5.74, 6) is 0. The summed E-state index contributed by atoms with van der Waals surface area (Å²) in [6.45, 7) is 0. The van der Waals surface area contributed by atoms with Gasteiger partial charge in [-0.2, -0.15) is 13.2 Å². The van der Waals surface area contributed by atoms with E-state index in [0.29, 0.717) is 5.52 Å². The number of halogens is 3. The highest BCUT2D eigenvalue weighted by Gasteiger charge is 2.32. The Morgan fingerprint density at radius 3 is 2.29 bits per heavy atom. The number of para-hydroxylation sites is 2. The van der Waals surface area contributed by atoms with Crippen molar-refractivity contribution in [2.75, 3.05) is 0 Å². The minimum absolute atomic E-state index is 0.252. The highest BCUT2D eigenvalue weighted by Crippen LogP contribution is 2.27. The van der Waals surface area contributed by atoms with Gasteiger partial charge in [0.1, 0.15) is 0 Å². The molecule has 0 aliphatic rings. The van der Waals surface area contributed by atoms with Crippen molar-refractivity contribution in [3.05, 3.63) is 36.2 Å². The van der Waals surface area contributed by atoms with Crippen LogP contribution < -0.4 is 0 Å². The van der Waals surface area contributed by atoms with Gasteiger partial charge in [0, 0.05) is 0 Å². The molecule has 0 saturated carbocycles. The van der Waals surface area contributed by atoms with Gasteiger partial charge in [0.25, 0.3) is 0 Å². The van der Waals surface area contributed by atoms with Crippen LogP contribution in [0.15, 0.2) is 30.5 Å². The van der Waals surface area contributed by atoms with Gasteiger partial charge < -0.3 is 0 Å². The predicted octanol–water partition coefficient (Wildman–Crippen LogP) is 2.65. The molecule has 1 heterocycles. The molecule has 72 valence electrons. The lowest BCUT2D eigenvalue weighted by atomic mass is 10.3. The summed E-state index contributed by atoms with van der Waals surface area (Å²) in [5.41, 5.74) is -0.251. The van der Waals surface area contributed by atoms with Crippen LogP contribution in [0.25, 0.3) is 11.0 Å². The fourth-order valence-corrected chi connectivity index (χ4v) is 1.09. The zero-order valence-electron chi connectivity index (χ0n) is 6.92. The second kappa shape index (κ2) is 2.94. The molecule has 2 aromatic rings. The van der Waals surface area contributed by atoms with Gasteiger partial charge in [-0.05, 0) is 12.1 Å². The molecule has 0 unspecified atom stereocenters. The zero-order valence-corrected chi connectivity index (χ0v) is 6.92. The van der Waals surface area contributed by atoms with Gasteiger partial charge in [0.15, 0.2) is 5.69 Å². The van der Waals surface area contributed by atoms with Gasteiger partial charge in [-0.1, -0.05) is 12.1 Å². The minimum Gasteiger partial charge on any atom is -0.252 e. The van der Waals surface area contributed by atoms with Gasteiger partial charge in [0.05, 0.1) is 17.2 Å². The van der Waals surface area contributed by atoms with Crippen molar-refractivity contribution in [3.63, 3.8) is 0 Å². The number of aromatic nitrogens is 2. The molecule has 0 amide bonds. The van der Waals surface area contributed by atoms with Crippen molar-refractivity contribution in [2.24, 2.45) is 0 Å². The molecule has 5 heteroatoms. The maximum Gasteiger partial charge on any atom is 0.434 e. The SMILES string of the molecule is FC(F)(F)c1cnc2ccccc2n1. The van der Waals surface area contributed by atoms with Gasteiger partial charge in [-0.15, -0.1) is 0 Å². The van der Waals surface area contributed by atoms with E-state index in [1.54, 1.807) is 18.2 Å². The second-order valence-electron chi connectivity index (χ2n) is 2.74. The molecule has 0 aliphatic carbocycles. The van der Waals surface area contributed by atoms with Crippen molar-refractivity contribution in [1.82, 2.24) is 9.97 Å². The van der Waals surface area contributed by atoms with Crippen LogP contribution in [0.4, 0.5) is 13.2 Å². The van der Waals surface area contributed by atoms with E-state index in [0.717, 1.165) is 6.20 Å². The van der Waals surface area contributed by atoms with E-state index >= 15 is 0 Å². The van der Waals surface area contributed by atoms with Crippen LogP contribution >= 0.6 is 0 Å². The fourth-order valence-electron chi connectivity index (χ4n) is 1.09. The third-order valence-corrected chi connectivity index (χ3v) is 1.74. The fraction of sp³-hybridized carbons (Fsp3) is 0.111. The number of fused-ring (bicyclic) bond motifs is 1. The van der Waals surface area contributed by atoms with Crippen molar-refractivity contribution < 1.29 is 13.2 Å². The van der Waals surface area contributed by atoms with E-state index in [1.807, 2.05) is 0 Å². The molecule has 0 radical (unpaired) electrons. The highest BCUT2D eigenvalue weighted by atomic mass is 19.4. The number of benzene rings is 1. The van der Waals surface area contributed by atoms with Crippen molar-refractivity contribution >= 4 is 11.0 Å². The summed E-state index contributed by atoms with van der Waals surface area (Å²) in [4.78, 5) is 7.12. The van der Waals surface area contributed by atoms with E-state index in [4.69, 9.17) is 0 Å². The third-order valence-electron chi connectivity index (χ3n) is 1.74. The third kappa shape index (κ3) is 1.53. The van der Waals surface area contributed by atoms with Crippen LogP contribution in [0.2, 0.25) is 0 Å². The van der Waals surface area contributed by atoms with Crippen LogP contribution in [-0.2, 0) is 6.18 Å². The summed E-state index contributed by atoms with van der Waals surface area (Å²) in [5, 5.41) is 0. The maximum atomic E-state index is 12.2. The number of alkyl halides is 3. The Morgan fingerprint density at radius 2 is 1.64 bits per heavy atom. The number of hydrogen-bond acceptors (Lipinski definition) is 2. The topological polar surface area (TPSA) is 25.8 Å². The van der Waals surface area contributed by atoms with E-state index < -0.39 is 11.9 Å². The van der Waals surface area contributed by atoms with Gasteiger partial charge in [0.2, 0.25) is 0 Å². The molecule has 0 N–H and O–H groups in total. The molecule has 0 atom stereocenters. The van der Waals surface area contributed by atoms with Crippen molar-refractivity contribution in [3.8, 4) is 0 Å². The molecule has 1 aromatic carbocycles. The maximum absolute atomic E-state index is 12.2. The molecular weight excluding hydrogens is 193 g/mol. The summed E-state index contributed by atoms with van der Waals surface area (Å²) >= 11 is 0. The smallest absolute Gasteiger partial charge is 0.252 e. The van der Waals surface area contributed by atoms with Gasteiger partial charge in [-0.25, -0.2) is 4.98 Å². The first-order valence-electron chi connectivity index (χ1n) is 3.86. The Labute approximate surface area is 77.4 Å². The minimum atomic E-state index is -4.43. The first kappa shape index (κ1) is 8.93. The number of rotatable bonds is 0. The molecule has 1 aromatic heterocycles. The van der Waals surface area contributed by atoms with Crippen LogP contribution in [-0.4, -0.2) is 9.97 Å². The lowest BCUT2D eigenvalue weighted by Gasteiger charge is -2.05. The van der Waals surface area contributed by atoms with Gasteiger partial charge in [-0.3, -0.25) is 4.98 Å². The highest BCUT2D eigenvalue weighted by molar-refractivity contribution is 5.73. The normalized spacial score (nSPS) is 11.9. The standard InChI is InChI=1S/C9H5F3N2/c10-9(11,12)8-5-13-6-3-1-2-4-7(6)14-8/h1-5H. The molecule has 0 fully saturated rings. The summed E-state index contributed by atoms with van der Waals surface area (Å²) in [6, 6.07) is 6.43. The van der Waals surface area contributed by atoms with Crippen LogP contribution in [0.5, 0.6) is 0 Å². The first-order chi connectivity index (χ1) is 6.57. The zero-order chi connectivity index (χ0) is 10.2. The Hall–Kier alpha value is -1.65. The average molecular weight is 198 g/mol. The molecule has 2 nitrogen and oxygen atoms in total. The molecular formula is C9H5F3N2. The van der Waals surface area contributed by atoms with Crippen LogP contribution in [0.1, 0.15) is 5.69 Å². The molecule has 0 spiro atoms. The molecule has 2 rings (SSSR count). The lowest BCUT2D eigenvalue weighted by molar-refractivity contribution is -0.141. The van der Waals surface area contributed by atoms with E-state index in [2.05, 4.69) is 9.97 Å². The summed E-state index contributed by atoms with van der Waals surface area (Å²) in [7, 11) is 0.